The monoisotopic (exact) mass is 251 g/mol. The van der Waals surface area contributed by atoms with Crippen LogP contribution in [0.5, 0.6) is 5.75 Å². The lowest BCUT2D eigenvalue weighted by molar-refractivity contribution is 0.136. The van der Waals surface area contributed by atoms with Gasteiger partial charge >= 0.3 is 0 Å². The van der Waals surface area contributed by atoms with E-state index >= 15 is 0 Å². The maximum absolute atomic E-state index is 6.22. The van der Waals surface area contributed by atoms with Crippen LogP contribution < -0.4 is 10.5 Å². The zero-order chi connectivity index (χ0) is 12.3. The standard InChI is InChI=1S/C14H18ClNO/c1-13(2)7-9-5-10(15)6-11(12(9)17-13)14(8-16)3-4-14/h5-6H,3-4,7-8,16H2,1-2H3. The van der Waals surface area contributed by atoms with Crippen molar-refractivity contribution >= 4 is 11.6 Å². The molecule has 1 aliphatic carbocycles. The summed E-state index contributed by atoms with van der Waals surface area (Å²) < 4.78 is 6.09. The van der Waals surface area contributed by atoms with Crippen molar-refractivity contribution in [3.8, 4) is 5.75 Å². The third-order valence-electron chi connectivity index (χ3n) is 3.94. The summed E-state index contributed by atoms with van der Waals surface area (Å²) in [6, 6.07) is 4.07. The normalized spacial score (nSPS) is 23.1. The van der Waals surface area contributed by atoms with Crippen LogP contribution in [0.3, 0.4) is 0 Å². The molecule has 0 aromatic heterocycles. The van der Waals surface area contributed by atoms with Crippen LogP contribution in [-0.2, 0) is 11.8 Å². The van der Waals surface area contributed by atoms with Crippen LogP contribution >= 0.6 is 11.6 Å². The van der Waals surface area contributed by atoms with Crippen molar-refractivity contribution < 1.29 is 4.74 Å². The van der Waals surface area contributed by atoms with E-state index in [1.807, 2.05) is 12.1 Å². The molecule has 1 fully saturated rings. The van der Waals surface area contributed by atoms with Gasteiger partial charge in [0.25, 0.3) is 0 Å². The average molecular weight is 252 g/mol. The van der Waals surface area contributed by atoms with E-state index in [1.54, 1.807) is 0 Å². The molecule has 0 spiro atoms. The van der Waals surface area contributed by atoms with Gasteiger partial charge in [0, 0.05) is 29.0 Å². The Morgan fingerprint density at radius 1 is 1.35 bits per heavy atom. The fourth-order valence-corrected chi connectivity index (χ4v) is 3.04. The smallest absolute Gasteiger partial charge is 0.127 e. The molecule has 3 heteroatoms. The van der Waals surface area contributed by atoms with Gasteiger partial charge in [-0.15, -0.1) is 0 Å². The predicted molar refractivity (Wildman–Crippen MR) is 69.8 cm³/mol. The summed E-state index contributed by atoms with van der Waals surface area (Å²) in [5.41, 5.74) is 8.39. The summed E-state index contributed by atoms with van der Waals surface area (Å²) in [4.78, 5) is 0. The minimum Gasteiger partial charge on any atom is -0.487 e. The van der Waals surface area contributed by atoms with Gasteiger partial charge in [-0.05, 0) is 44.4 Å². The first-order valence-electron chi connectivity index (χ1n) is 6.18. The Labute approximate surface area is 107 Å². The topological polar surface area (TPSA) is 35.2 Å². The molecule has 1 saturated carbocycles. The fraction of sp³-hybridized carbons (Fsp3) is 0.571. The Balaban J connectivity index is 2.12. The van der Waals surface area contributed by atoms with Gasteiger partial charge in [0.1, 0.15) is 11.4 Å². The minimum atomic E-state index is -0.119. The number of rotatable bonds is 2. The van der Waals surface area contributed by atoms with Crippen LogP contribution in [0.2, 0.25) is 5.02 Å². The Morgan fingerprint density at radius 2 is 2.06 bits per heavy atom. The number of ether oxygens (including phenoxy) is 1. The Kier molecular flexibility index (Phi) is 2.27. The van der Waals surface area contributed by atoms with Crippen molar-refractivity contribution in [1.29, 1.82) is 0 Å². The third kappa shape index (κ3) is 1.74. The highest BCUT2D eigenvalue weighted by Crippen LogP contribution is 2.54. The van der Waals surface area contributed by atoms with E-state index in [0.717, 1.165) is 30.0 Å². The number of hydrogen-bond donors (Lipinski definition) is 1. The van der Waals surface area contributed by atoms with Crippen molar-refractivity contribution in [3.05, 3.63) is 28.3 Å². The Bertz CT molecular complexity index is 477. The van der Waals surface area contributed by atoms with E-state index < -0.39 is 0 Å². The fourth-order valence-electron chi connectivity index (χ4n) is 2.80. The van der Waals surface area contributed by atoms with Crippen LogP contribution in [-0.4, -0.2) is 12.1 Å². The molecule has 1 aliphatic heterocycles. The summed E-state index contributed by atoms with van der Waals surface area (Å²) in [7, 11) is 0. The molecule has 3 rings (SSSR count). The average Bonchev–Trinajstić information content (AvgIpc) is 2.96. The molecule has 0 atom stereocenters. The zero-order valence-corrected chi connectivity index (χ0v) is 11.1. The molecule has 1 heterocycles. The van der Waals surface area contributed by atoms with Crippen LogP contribution in [0.1, 0.15) is 37.8 Å². The summed E-state index contributed by atoms with van der Waals surface area (Å²) in [6.45, 7) is 4.92. The third-order valence-corrected chi connectivity index (χ3v) is 4.16. The second-order valence-corrected chi connectivity index (χ2v) is 6.40. The van der Waals surface area contributed by atoms with E-state index in [0.29, 0.717) is 6.54 Å². The first-order valence-corrected chi connectivity index (χ1v) is 6.56. The van der Waals surface area contributed by atoms with Gasteiger partial charge in [-0.2, -0.15) is 0 Å². The van der Waals surface area contributed by atoms with E-state index in [2.05, 4.69) is 13.8 Å². The van der Waals surface area contributed by atoms with Gasteiger partial charge in [0.2, 0.25) is 0 Å². The second-order valence-electron chi connectivity index (χ2n) is 5.96. The van der Waals surface area contributed by atoms with Crippen LogP contribution in [0.4, 0.5) is 0 Å². The number of nitrogens with two attached hydrogens (primary N) is 1. The van der Waals surface area contributed by atoms with Gasteiger partial charge in [-0.1, -0.05) is 11.6 Å². The largest absolute Gasteiger partial charge is 0.487 e. The summed E-state index contributed by atoms with van der Waals surface area (Å²) in [6.07, 6.45) is 3.23. The lowest BCUT2D eigenvalue weighted by atomic mass is 9.92. The molecule has 92 valence electrons. The molecule has 0 saturated heterocycles. The maximum atomic E-state index is 6.22. The van der Waals surface area contributed by atoms with Crippen LogP contribution in [0.25, 0.3) is 0 Å². The Hall–Kier alpha value is -0.730. The molecular weight excluding hydrogens is 234 g/mol. The summed E-state index contributed by atoms with van der Waals surface area (Å²) in [5, 5.41) is 0.805. The SMILES string of the molecule is CC1(C)Cc2cc(Cl)cc(C3(CN)CC3)c2O1. The van der Waals surface area contributed by atoms with E-state index in [4.69, 9.17) is 22.1 Å². The number of fused-ring (bicyclic) bond motifs is 1. The maximum Gasteiger partial charge on any atom is 0.127 e. The first-order chi connectivity index (χ1) is 7.96. The molecule has 0 amide bonds. The van der Waals surface area contributed by atoms with Gasteiger partial charge in [0.05, 0.1) is 0 Å². The number of hydrogen-bond acceptors (Lipinski definition) is 2. The lowest BCUT2D eigenvalue weighted by Gasteiger charge is -2.21. The molecule has 2 nitrogen and oxygen atoms in total. The Morgan fingerprint density at radius 3 is 2.65 bits per heavy atom. The highest BCUT2D eigenvalue weighted by Gasteiger charge is 2.47. The summed E-state index contributed by atoms with van der Waals surface area (Å²) >= 11 is 6.22. The van der Waals surface area contributed by atoms with Gasteiger partial charge in [0.15, 0.2) is 0 Å². The molecule has 0 bridgehead atoms. The number of benzene rings is 1. The molecule has 2 aliphatic rings. The molecular formula is C14H18ClNO. The summed E-state index contributed by atoms with van der Waals surface area (Å²) in [5.74, 6) is 1.04. The van der Waals surface area contributed by atoms with Gasteiger partial charge in [-0.3, -0.25) is 0 Å². The van der Waals surface area contributed by atoms with Crippen molar-refractivity contribution in [1.82, 2.24) is 0 Å². The van der Waals surface area contributed by atoms with Gasteiger partial charge < -0.3 is 10.5 Å². The quantitative estimate of drug-likeness (QED) is 0.877. The molecule has 1 aromatic rings. The highest BCUT2D eigenvalue weighted by atomic mass is 35.5. The predicted octanol–water partition coefficient (Wildman–Crippen LogP) is 3.04. The van der Waals surface area contributed by atoms with E-state index in [-0.39, 0.29) is 11.0 Å². The van der Waals surface area contributed by atoms with Crippen LogP contribution in [0, 0.1) is 0 Å². The van der Waals surface area contributed by atoms with Crippen molar-refractivity contribution in [2.45, 2.75) is 44.1 Å². The van der Waals surface area contributed by atoms with Crippen molar-refractivity contribution in [2.24, 2.45) is 5.73 Å². The number of halogens is 1. The minimum absolute atomic E-state index is 0.119. The van der Waals surface area contributed by atoms with Crippen molar-refractivity contribution in [3.63, 3.8) is 0 Å². The zero-order valence-electron chi connectivity index (χ0n) is 10.3. The second kappa shape index (κ2) is 3.39. The molecule has 1 aromatic carbocycles. The lowest BCUT2D eigenvalue weighted by Crippen LogP contribution is -2.26. The van der Waals surface area contributed by atoms with E-state index in [9.17, 15) is 0 Å². The molecule has 0 unspecified atom stereocenters. The molecule has 2 N–H and O–H groups in total. The highest BCUT2D eigenvalue weighted by molar-refractivity contribution is 6.30. The van der Waals surface area contributed by atoms with Gasteiger partial charge in [-0.25, -0.2) is 0 Å². The first kappa shape index (κ1) is 11.4. The molecule has 17 heavy (non-hydrogen) atoms. The molecule has 0 radical (unpaired) electrons. The van der Waals surface area contributed by atoms with Crippen LogP contribution in [0.15, 0.2) is 12.1 Å². The van der Waals surface area contributed by atoms with E-state index in [1.165, 1.54) is 11.1 Å². The van der Waals surface area contributed by atoms with Crippen molar-refractivity contribution in [2.75, 3.05) is 6.54 Å².